The van der Waals surface area contributed by atoms with Crippen LogP contribution in [0.2, 0.25) is 0 Å². The van der Waals surface area contributed by atoms with E-state index in [9.17, 15) is 9.59 Å². The first-order chi connectivity index (χ1) is 11.0. The van der Waals surface area contributed by atoms with Crippen LogP contribution in [0.5, 0.6) is 5.75 Å². The first-order valence-electron chi connectivity index (χ1n) is 7.98. The second-order valence-electron chi connectivity index (χ2n) is 5.88. The van der Waals surface area contributed by atoms with Gasteiger partial charge in [0, 0.05) is 38.5 Å². The van der Waals surface area contributed by atoms with Gasteiger partial charge in [-0.2, -0.15) is 0 Å². The number of carbonyl (C=O) groups excluding carboxylic acids is 2. The van der Waals surface area contributed by atoms with Crippen LogP contribution < -0.4 is 15.4 Å². The maximum Gasteiger partial charge on any atom is 0.222 e. The molecule has 1 aliphatic heterocycles. The van der Waals surface area contributed by atoms with E-state index in [1.807, 2.05) is 29.2 Å². The number of amides is 2. The van der Waals surface area contributed by atoms with Crippen molar-refractivity contribution in [3.8, 4) is 5.75 Å². The van der Waals surface area contributed by atoms with Crippen LogP contribution in [0.3, 0.4) is 0 Å². The van der Waals surface area contributed by atoms with Crippen molar-refractivity contribution < 1.29 is 14.3 Å². The number of ether oxygens (including phenoxy) is 1. The molecule has 0 spiro atoms. The quantitative estimate of drug-likeness (QED) is 0.856. The Bertz CT molecular complexity index is 554. The van der Waals surface area contributed by atoms with Gasteiger partial charge in [-0.3, -0.25) is 9.59 Å². The van der Waals surface area contributed by atoms with Crippen LogP contribution in [0.1, 0.15) is 19.8 Å². The second kappa shape index (κ2) is 7.85. The summed E-state index contributed by atoms with van der Waals surface area (Å²) in [4.78, 5) is 27.3. The van der Waals surface area contributed by atoms with E-state index in [4.69, 9.17) is 10.5 Å². The van der Waals surface area contributed by atoms with E-state index < -0.39 is 0 Å². The van der Waals surface area contributed by atoms with Crippen molar-refractivity contribution in [2.75, 3.05) is 38.2 Å². The molecule has 6 heteroatoms. The highest BCUT2D eigenvalue weighted by Gasteiger charge is 2.23. The van der Waals surface area contributed by atoms with Gasteiger partial charge in [0.1, 0.15) is 5.75 Å². The van der Waals surface area contributed by atoms with Gasteiger partial charge in [-0.05, 0) is 18.6 Å². The fourth-order valence-electron chi connectivity index (χ4n) is 2.73. The zero-order valence-corrected chi connectivity index (χ0v) is 13.8. The number of benzene rings is 1. The molecule has 1 aromatic rings. The minimum atomic E-state index is -0.348. The van der Waals surface area contributed by atoms with Crippen LogP contribution in [0.4, 0.5) is 5.69 Å². The number of methoxy groups -OCH3 is 1. The van der Waals surface area contributed by atoms with Crippen LogP contribution in [0.25, 0.3) is 0 Å². The molecule has 126 valence electrons. The summed E-state index contributed by atoms with van der Waals surface area (Å²) in [7, 11) is 1.67. The largest absolute Gasteiger partial charge is 0.495 e. The number of anilines is 1. The molecule has 2 rings (SSSR count). The number of piperazine rings is 1. The molecule has 2 N–H and O–H groups in total. The minimum Gasteiger partial charge on any atom is -0.495 e. The van der Waals surface area contributed by atoms with Gasteiger partial charge < -0.3 is 20.3 Å². The second-order valence-corrected chi connectivity index (χ2v) is 5.88. The normalized spacial score (nSPS) is 16.1. The summed E-state index contributed by atoms with van der Waals surface area (Å²) >= 11 is 0. The number of carbonyl (C=O) groups is 2. The molecule has 0 aliphatic carbocycles. The molecule has 1 atom stereocenters. The summed E-state index contributed by atoms with van der Waals surface area (Å²) in [6.07, 6.45) is 0.889. The van der Waals surface area contributed by atoms with Crippen LogP contribution in [-0.4, -0.2) is 50.0 Å². The van der Waals surface area contributed by atoms with Crippen molar-refractivity contribution in [1.29, 1.82) is 0 Å². The van der Waals surface area contributed by atoms with Crippen molar-refractivity contribution in [2.45, 2.75) is 19.8 Å². The Kier molecular flexibility index (Phi) is 5.84. The summed E-state index contributed by atoms with van der Waals surface area (Å²) in [6.45, 7) is 4.67. The number of hydrogen-bond donors (Lipinski definition) is 1. The highest BCUT2D eigenvalue weighted by Crippen LogP contribution is 2.28. The maximum absolute atomic E-state index is 12.2. The molecule has 1 heterocycles. The van der Waals surface area contributed by atoms with Crippen LogP contribution in [-0.2, 0) is 9.59 Å². The molecule has 6 nitrogen and oxygen atoms in total. The molecule has 0 unspecified atom stereocenters. The molecule has 23 heavy (non-hydrogen) atoms. The molecular weight excluding hydrogens is 294 g/mol. The molecule has 1 fully saturated rings. The number of nitrogens with zero attached hydrogens (tertiary/aromatic N) is 2. The zero-order valence-electron chi connectivity index (χ0n) is 13.8. The third-order valence-corrected chi connectivity index (χ3v) is 4.34. The summed E-state index contributed by atoms with van der Waals surface area (Å²) in [5, 5.41) is 0. The highest BCUT2D eigenvalue weighted by atomic mass is 16.5. The SMILES string of the molecule is COc1ccccc1N1CCN(C(=O)CC[C@H](C)C(N)=O)CC1. The Morgan fingerprint density at radius 2 is 1.87 bits per heavy atom. The van der Waals surface area contributed by atoms with E-state index in [1.54, 1.807) is 14.0 Å². The van der Waals surface area contributed by atoms with Crippen molar-refractivity contribution in [2.24, 2.45) is 11.7 Å². The first-order valence-corrected chi connectivity index (χ1v) is 7.98. The Labute approximate surface area is 137 Å². The van der Waals surface area contributed by atoms with Gasteiger partial charge in [-0.15, -0.1) is 0 Å². The van der Waals surface area contributed by atoms with Crippen LogP contribution in [0, 0.1) is 5.92 Å². The van der Waals surface area contributed by atoms with Gasteiger partial charge in [0.25, 0.3) is 0 Å². The lowest BCUT2D eigenvalue weighted by molar-refractivity contribution is -0.132. The molecule has 1 aromatic carbocycles. The van der Waals surface area contributed by atoms with Crippen molar-refractivity contribution in [3.63, 3.8) is 0 Å². The molecule has 1 saturated heterocycles. The molecule has 2 amide bonds. The monoisotopic (exact) mass is 319 g/mol. The third kappa shape index (κ3) is 4.37. The Morgan fingerprint density at radius 3 is 2.48 bits per heavy atom. The zero-order chi connectivity index (χ0) is 16.8. The minimum absolute atomic E-state index is 0.0952. The summed E-state index contributed by atoms with van der Waals surface area (Å²) < 4.78 is 5.39. The summed E-state index contributed by atoms with van der Waals surface area (Å²) in [6, 6.07) is 7.91. The molecule has 0 saturated carbocycles. The average Bonchev–Trinajstić information content (AvgIpc) is 2.59. The van der Waals surface area contributed by atoms with Gasteiger partial charge in [-0.25, -0.2) is 0 Å². The predicted octanol–water partition coefficient (Wildman–Crippen LogP) is 1.25. The molecule has 1 aliphatic rings. The number of nitrogens with two attached hydrogens (primary N) is 1. The van der Waals surface area contributed by atoms with E-state index in [0.29, 0.717) is 25.9 Å². The van der Waals surface area contributed by atoms with E-state index in [-0.39, 0.29) is 17.7 Å². The molecule has 0 aromatic heterocycles. The van der Waals surface area contributed by atoms with Gasteiger partial charge in [0.2, 0.25) is 11.8 Å². The fourth-order valence-corrected chi connectivity index (χ4v) is 2.73. The lowest BCUT2D eigenvalue weighted by Crippen LogP contribution is -2.49. The molecule has 0 radical (unpaired) electrons. The predicted molar refractivity (Wildman–Crippen MR) is 89.4 cm³/mol. The van der Waals surface area contributed by atoms with Crippen molar-refractivity contribution in [3.05, 3.63) is 24.3 Å². The topological polar surface area (TPSA) is 75.9 Å². The Morgan fingerprint density at radius 1 is 1.22 bits per heavy atom. The van der Waals surface area contributed by atoms with Gasteiger partial charge in [-0.1, -0.05) is 19.1 Å². The first kappa shape index (κ1) is 17.1. The van der Waals surface area contributed by atoms with E-state index in [1.165, 1.54) is 0 Å². The van der Waals surface area contributed by atoms with E-state index in [0.717, 1.165) is 24.5 Å². The van der Waals surface area contributed by atoms with E-state index >= 15 is 0 Å². The van der Waals surface area contributed by atoms with Crippen LogP contribution >= 0.6 is 0 Å². The van der Waals surface area contributed by atoms with Crippen LogP contribution in [0.15, 0.2) is 24.3 Å². The number of primary amides is 1. The van der Waals surface area contributed by atoms with Gasteiger partial charge in [0.15, 0.2) is 0 Å². The lowest BCUT2D eigenvalue weighted by Gasteiger charge is -2.36. The molecule has 0 bridgehead atoms. The lowest BCUT2D eigenvalue weighted by atomic mass is 10.0. The van der Waals surface area contributed by atoms with Crippen molar-refractivity contribution >= 4 is 17.5 Å². The number of para-hydroxylation sites is 2. The smallest absolute Gasteiger partial charge is 0.222 e. The third-order valence-electron chi connectivity index (χ3n) is 4.34. The van der Waals surface area contributed by atoms with Crippen molar-refractivity contribution in [1.82, 2.24) is 4.90 Å². The number of hydrogen-bond acceptors (Lipinski definition) is 4. The fraction of sp³-hybridized carbons (Fsp3) is 0.529. The molecular formula is C17H25N3O3. The van der Waals surface area contributed by atoms with Gasteiger partial charge in [0.05, 0.1) is 12.8 Å². The maximum atomic E-state index is 12.2. The Hall–Kier alpha value is -2.24. The summed E-state index contributed by atoms with van der Waals surface area (Å²) in [5.74, 6) is 0.341. The number of rotatable bonds is 6. The summed E-state index contributed by atoms with van der Waals surface area (Å²) in [5.41, 5.74) is 6.29. The van der Waals surface area contributed by atoms with Gasteiger partial charge >= 0.3 is 0 Å². The average molecular weight is 319 g/mol. The Balaban J connectivity index is 1.86. The highest BCUT2D eigenvalue weighted by molar-refractivity contribution is 5.79. The van der Waals surface area contributed by atoms with E-state index in [2.05, 4.69) is 4.90 Å². The standard InChI is InChI=1S/C17H25N3O3/c1-13(17(18)22)7-8-16(21)20-11-9-19(10-12-20)14-5-3-4-6-15(14)23-2/h3-6,13H,7-12H2,1-2H3,(H2,18,22)/t13-/m0/s1.